The topological polar surface area (TPSA) is 78.4 Å². The van der Waals surface area contributed by atoms with Crippen molar-refractivity contribution in [2.45, 2.75) is 25.9 Å². The predicted molar refractivity (Wildman–Crippen MR) is 77.3 cm³/mol. The number of halogens is 1. The first-order chi connectivity index (χ1) is 9.52. The number of benzene rings is 1. The maximum absolute atomic E-state index is 11.5. The number of rotatable bonds is 7. The summed E-state index contributed by atoms with van der Waals surface area (Å²) in [6, 6.07) is 6.74. The molecule has 5 nitrogen and oxygen atoms in total. The van der Waals surface area contributed by atoms with Gasteiger partial charge in [-0.1, -0.05) is 30.7 Å². The summed E-state index contributed by atoms with van der Waals surface area (Å²) in [5, 5.41) is 15.5. The van der Waals surface area contributed by atoms with Crippen LogP contribution in [0.3, 0.4) is 0 Å². The van der Waals surface area contributed by atoms with Gasteiger partial charge in [-0.05, 0) is 24.1 Å². The second kappa shape index (κ2) is 8.55. The monoisotopic (exact) mass is 298 g/mol. The second-order valence-electron chi connectivity index (χ2n) is 4.40. The number of nitrogens with one attached hydrogen (secondary N) is 2. The maximum Gasteiger partial charge on any atom is 0.239 e. The molecule has 0 fully saturated rings. The van der Waals surface area contributed by atoms with Crippen LogP contribution in [0.1, 0.15) is 31.4 Å². The Bertz CT molecular complexity index is 448. The van der Waals surface area contributed by atoms with Crippen molar-refractivity contribution >= 4 is 23.4 Å². The van der Waals surface area contributed by atoms with Crippen molar-refractivity contribution in [1.29, 1.82) is 0 Å². The van der Waals surface area contributed by atoms with Crippen molar-refractivity contribution < 1.29 is 14.7 Å². The van der Waals surface area contributed by atoms with E-state index in [1.54, 1.807) is 24.3 Å². The van der Waals surface area contributed by atoms with Gasteiger partial charge in [0.1, 0.15) is 0 Å². The van der Waals surface area contributed by atoms with E-state index in [4.69, 9.17) is 11.6 Å². The smallest absolute Gasteiger partial charge is 0.239 e. The second-order valence-corrected chi connectivity index (χ2v) is 4.83. The molecule has 3 N–H and O–H groups in total. The highest BCUT2D eigenvalue weighted by Crippen LogP contribution is 2.15. The molecule has 110 valence electrons. The largest absolute Gasteiger partial charge is 0.387 e. The molecule has 0 aliphatic heterocycles. The van der Waals surface area contributed by atoms with Gasteiger partial charge in [-0.2, -0.15) is 0 Å². The van der Waals surface area contributed by atoms with E-state index in [1.807, 2.05) is 6.92 Å². The number of hydrogen-bond acceptors (Lipinski definition) is 3. The molecule has 2 amide bonds. The van der Waals surface area contributed by atoms with E-state index in [0.29, 0.717) is 17.0 Å². The molecule has 1 aromatic carbocycles. The molecule has 0 aliphatic rings. The van der Waals surface area contributed by atoms with Crippen molar-refractivity contribution in [1.82, 2.24) is 10.6 Å². The lowest BCUT2D eigenvalue weighted by Crippen LogP contribution is -2.38. The summed E-state index contributed by atoms with van der Waals surface area (Å²) in [6.07, 6.45) is 0.339. The van der Waals surface area contributed by atoms with E-state index in [9.17, 15) is 14.7 Å². The van der Waals surface area contributed by atoms with Gasteiger partial charge in [0.15, 0.2) is 0 Å². The zero-order valence-corrected chi connectivity index (χ0v) is 12.1. The minimum absolute atomic E-state index is 0.0772. The Hall–Kier alpha value is -1.59. The van der Waals surface area contributed by atoms with E-state index in [2.05, 4.69) is 10.6 Å². The van der Waals surface area contributed by atoms with Crippen LogP contribution < -0.4 is 10.6 Å². The molecular weight excluding hydrogens is 280 g/mol. The molecule has 0 saturated carbocycles. The Morgan fingerprint density at radius 1 is 1.20 bits per heavy atom. The predicted octanol–water partition coefficient (Wildman–Crippen LogP) is 1.41. The van der Waals surface area contributed by atoms with Gasteiger partial charge in [0.2, 0.25) is 11.8 Å². The Morgan fingerprint density at radius 3 is 2.45 bits per heavy atom. The number of carbonyl (C=O) groups is 2. The standard InChI is InChI=1S/C14H19ClN2O3/c1-2-3-13(19)17-9-14(20)16-8-12(18)10-4-6-11(15)7-5-10/h4-7,12,18H,2-3,8-9H2,1H3,(H,16,20)(H,17,19). The van der Waals surface area contributed by atoms with E-state index in [1.165, 1.54) is 0 Å². The molecule has 0 saturated heterocycles. The van der Waals surface area contributed by atoms with Crippen molar-refractivity contribution in [2.24, 2.45) is 0 Å². The lowest BCUT2D eigenvalue weighted by atomic mass is 10.1. The fourth-order valence-electron chi connectivity index (χ4n) is 1.57. The van der Waals surface area contributed by atoms with Crippen LogP contribution in [0.15, 0.2) is 24.3 Å². The van der Waals surface area contributed by atoms with Crippen molar-refractivity contribution in [3.63, 3.8) is 0 Å². The molecule has 6 heteroatoms. The summed E-state index contributed by atoms with van der Waals surface area (Å²) in [5.74, 6) is -0.483. The third-order valence-corrected chi connectivity index (χ3v) is 2.92. The molecule has 20 heavy (non-hydrogen) atoms. The average Bonchev–Trinajstić information content (AvgIpc) is 2.43. The van der Waals surface area contributed by atoms with Crippen LogP contribution in [-0.4, -0.2) is 30.0 Å². The SMILES string of the molecule is CCCC(=O)NCC(=O)NCC(O)c1ccc(Cl)cc1. The Labute approximate surface area is 123 Å². The summed E-state index contributed by atoms with van der Waals surface area (Å²) in [5.41, 5.74) is 0.671. The fraction of sp³-hybridized carbons (Fsp3) is 0.429. The highest BCUT2D eigenvalue weighted by Gasteiger charge is 2.10. The van der Waals surface area contributed by atoms with Gasteiger partial charge in [-0.3, -0.25) is 9.59 Å². The lowest BCUT2D eigenvalue weighted by molar-refractivity contribution is -0.126. The van der Waals surface area contributed by atoms with E-state index >= 15 is 0 Å². The normalized spacial score (nSPS) is 11.8. The van der Waals surface area contributed by atoms with Gasteiger partial charge in [0.25, 0.3) is 0 Å². The molecule has 1 atom stereocenters. The molecule has 0 spiro atoms. The van der Waals surface area contributed by atoms with E-state index in [0.717, 1.165) is 6.42 Å². The maximum atomic E-state index is 11.5. The van der Waals surface area contributed by atoms with Gasteiger partial charge < -0.3 is 15.7 Å². The van der Waals surface area contributed by atoms with Gasteiger partial charge in [-0.25, -0.2) is 0 Å². The number of hydrogen-bond donors (Lipinski definition) is 3. The quantitative estimate of drug-likeness (QED) is 0.712. The van der Waals surface area contributed by atoms with E-state index in [-0.39, 0.29) is 24.9 Å². The molecule has 0 aliphatic carbocycles. The van der Waals surface area contributed by atoms with Crippen LogP contribution in [0.25, 0.3) is 0 Å². The van der Waals surface area contributed by atoms with Crippen LogP contribution in [0.2, 0.25) is 5.02 Å². The molecular formula is C14H19ClN2O3. The molecule has 0 radical (unpaired) electrons. The van der Waals surface area contributed by atoms with Crippen LogP contribution in [0.5, 0.6) is 0 Å². The molecule has 1 unspecified atom stereocenters. The van der Waals surface area contributed by atoms with Gasteiger partial charge in [0, 0.05) is 18.0 Å². The number of amides is 2. The molecule has 1 aromatic rings. The first kappa shape index (κ1) is 16.5. The summed E-state index contributed by atoms with van der Waals surface area (Å²) < 4.78 is 0. The fourth-order valence-corrected chi connectivity index (χ4v) is 1.70. The zero-order chi connectivity index (χ0) is 15.0. The molecule has 1 rings (SSSR count). The van der Waals surface area contributed by atoms with Crippen LogP contribution in [-0.2, 0) is 9.59 Å². The summed E-state index contributed by atoms with van der Waals surface area (Å²) >= 11 is 5.75. The first-order valence-corrected chi connectivity index (χ1v) is 6.87. The Kier molecular flexibility index (Phi) is 7.04. The number of aliphatic hydroxyl groups is 1. The zero-order valence-electron chi connectivity index (χ0n) is 11.4. The third-order valence-electron chi connectivity index (χ3n) is 2.67. The highest BCUT2D eigenvalue weighted by atomic mass is 35.5. The van der Waals surface area contributed by atoms with Crippen LogP contribution >= 0.6 is 11.6 Å². The summed E-state index contributed by atoms with van der Waals surface area (Å²) in [4.78, 5) is 22.7. The average molecular weight is 299 g/mol. The number of aliphatic hydroxyl groups excluding tert-OH is 1. The third kappa shape index (κ3) is 6.04. The van der Waals surface area contributed by atoms with Crippen LogP contribution in [0.4, 0.5) is 0 Å². The Balaban J connectivity index is 2.30. The number of carbonyl (C=O) groups excluding carboxylic acids is 2. The summed E-state index contributed by atoms with van der Waals surface area (Å²) in [7, 11) is 0. The highest BCUT2D eigenvalue weighted by molar-refractivity contribution is 6.30. The van der Waals surface area contributed by atoms with E-state index < -0.39 is 6.10 Å². The van der Waals surface area contributed by atoms with Gasteiger partial charge >= 0.3 is 0 Å². The molecule has 0 aromatic heterocycles. The minimum Gasteiger partial charge on any atom is -0.387 e. The van der Waals surface area contributed by atoms with Crippen molar-refractivity contribution in [3.05, 3.63) is 34.9 Å². The Morgan fingerprint density at radius 2 is 1.85 bits per heavy atom. The minimum atomic E-state index is -0.803. The molecule has 0 bridgehead atoms. The van der Waals surface area contributed by atoms with Gasteiger partial charge in [-0.15, -0.1) is 0 Å². The first-order valence-electron chi connectivity index (χ1n) is 6.50. The summed E-state index contributed by atoms with van der Waals surface area (Å²) in [6.45, 7) is 1.90. The molecule has 0 heterocycles. The lowest BCUT2D eigenvalue weighted by Gasteiger charge is -2.12. The van der Waals surface area contributed by atoms with Crippen molar-refractivity contribution in [2.75, 3.05) is 13.1 Å². The van der Waals surface area contributed by atoms with Crippen LogP contribution in [0, 0.1) is 0 Å². The van der Waals surface area contributed by atoms with Gasteiger partial charge in [0.05, 0.1) is 12.6 Å². The van der Waals surface area contributed by atoms with Crippen molar-refractivity contribution in [3.8, 4) is 0 Å².